The maximum atomic E-state index is 12.8. The fourth-order valence-electron chi connectivity index (χ4n) is 3.38. The molecule has 1 fully saturated rings. The highest BCUT2D eigenvalue weighted by Gasteiger charge is 2.30. The van der Waals surface area contributed by atoms with Crippen molar-refractivity contribution in [1.29, 1.82) is 0 Å². The number of nitrogens with zero attached hydrogens (tertiary/aromatic N) is 5. The van der Waals surface area contributed by atoms with Crippen LogP contribution in [-0.4, -0.2) is 64.4 Å². The van der Waals surface area contributed by atoms with Crippen LogP contribution in [-0.2, 0) is 10.0 Å². The Labute approximate surface area is 182 Å². The Morgan fingerprint density at radius 1 is 1.07 bits per heavy atom. The SMILES string of the molecule is C[C@@H](NC(=O)N1CCN(S(=O)(=O)c2ccc(Br)cc2)CC1)c1nnc2ccccn12. The van der Waals surface area contributed by atoms with Gasteiger partial charge in [0.05, 0.1) is 10.9 Å². The number of carbonyl (C=O) groups excluding carboxylic acids is 1. The molecule has 0 aliphatic carbocycles. The first-order chi connectivity index (χ1) is 14.4. The van der Waals surface area contributed by atoms with E-state index < -0.39 is 10.0 Å². The third kappa shape index (κ3) is 4.05. The number of benzene rings is 1. The smallest absolute Gasteiger partial charge is 0.318 e. The summed E-state index contributed by atoms with van der Waals surface area (Å²) >= 11 is 3.31. The number of hydrogen-bond acceptors (Lipinski definition) is 5. The highest BCUT2D eigenvalue weighted by atomic mass is 79.9. The van der Waals surface area contributed by atoms with Crippen molar-refractivity contribution in [2.24, 2.45) is 0 Å². The summed E-state index contributed by atoms with van der Waals surface area (Å²) in [7, 11) is -3.58. The molecule has 1 aromatic carbocycles. The monoisotopic (exact) mass is 492 g/mol. The molecule has 30 heavy (non-hydrogen) atoms. The van der Waals surface area contributed by atoms with E-state index >= 15 is 0 Å². The van der Waals surface area contributed by atoms with Gasteiger partial charge in [-0.15, -0.1) is 10.2 Å². The molecular weight excluding hydrogens is 472 g/mol. The highest BCUT2D eigenvalue weighted by molar-refractivity contribution is 9.10. The second kappa shape index (κ2) is 8.32. The number of aromatic nitrogens is 3. The van der Waals surface area contributed by atoms with E-state index in [4.69, 9.17) is 0 Å². The van der Waals surface area contributed by atoms with Gasteiger partial charge in [0, 0.05) is 36.8 Å². The van der Waals surface area contributed by atoms with Gasteiger partial charge >= 0.3 is 6.03 Å². The largest absolute Gasteiger partial charge is 0.328 e. The molecule has 0 unspecified atom stereocenters. The highest BCUT2D eigenvalue weighted by Crippen LogP contribution is 2.20. The number of fused-ring (bicyclic) bond motifs is 1. The predicted octanol–water partition coefficient (Wildman–Crippen LogP) is 2.27. The quantitative estimate of drug-likeness (QED) is 0.601. The van der Waals surface area contributed by atoms with Crippen LogP contribution in [0, 0.1) is 0 Å². The van der Waals surface area contributed by atoms with Gasteiger partial charge in [0.2, 0.25) is 10.0 Å². The molecular formula is C19H21BrN6O3S. The van der Waals surface area contributed by atoms with E-state index in [1.54, 1.807) is 29.2 Å². The first kappa shape index (κ1) is 20.8. The molecule has 3 aromatic rings. The lowest BCUT2D eigenvalue weighted by Crippen LogP contribution is -2.53. The fourth-order valence-corrected chi connectivity index (χ4v) is 5.07. The number of halogens is 1. The van der Waals surface area contributed by atoms with E-state index in [9.17, 15) is 13.2 Å². The Morgan fingerprint density at radius 3 is 2.47 bits per heavy atom. The zero-order valence-corrected chi connectivity index (χ0v) is 18.7. The van der Waals surface area contributed by atoms with E-state index in [1.165, 1.54) is 4.31 Å². The zero-order valence-electron chi connectivity index (χ0n) is 16.3. The van der Waals surface area contributed by atoms with Crippen molar-refractivity contribution in [3.05, 3.63) is 59.0 Å². The molecule has 1 saturated heterocycles. The van der Waals surface area contributed by atoms with Gasteiger partial charge in [0.25, 0.3) is 0 Å². The number of sulfonamides is 1. The van der Waals surface area contributed by atoms with Crippen molar-refractivity contribution < 1.29 is 13.2 Å². The number of rotatable bonds is 4. The Balaban J connectivity index is 1.38. The topological polar surface area (TPSA) is 99.9 Å². The van der Waals surface area contributed by atoms with Gasteiger partial charge in [-0.2, -0.15) is 4.31 Å². The molecule has 3 heterocycles. The third-order valence-corrected chi connectivity index (χ3v) is 7.49. The van der Waals surface area contributed by atoms with Gasteiger partial charge in [-0.1, -0.05) is 22.0 Å². The van der Waals surface area contributed by atoms with Crippen molar-refractivity contribution in [3.63, 3.8) is 0 Å². The van der Waals surface area contributed by atoms with Crippen LogP contribution in [0.3, 0.4) is 0 Å². The molecule has 0 radical (unpaired) electrons. The average Bonchev–Trinajstić information content (AvgIpc) is 3.18. The molecule has 4 rings (SSSR count). The lowest BCUT2D eigenvalue weighted by atomic mass is 10.3. The van der Waals surface area contributed by atoms with Gasteiger partial charge in [0.1, 0.15) is 0 Å². The maximum absolute atomic E-state index is 12.8. The van der Waals surface area contributed by atoms with E-state index in [2.05, 4.69) is 31.4 Å². The van der Waals surface area contributed by atoms with Gasteiger partial charge in [0.15, 0.2) is 11.5 Å². The third-order valence-electron chi connectivity index (χ3n) is 5.04. The van der Waals surface area contributed by atoms with Crippen molar-refractivity contribution in [2.75, 3.05) is 26.2 Å². The Morgan fingerprint density at radius 2 is 1.77 bits per heavy atom. The van der Waals surface area contributed by atoms with Crippen LogP contribution >= 0.6 is 15.9 Å². The predicted molar refractivity (Wildman–Crippen MR) is 114 cm³/mol. The van der Waals surface area contributed by atoms with Crippen LogP contribution < -0.4 is 5.32 Å². The molecule has 2 aromatic heterocycles. The minimum atomic E-state index is -3.58. The Hall–Kier alpha value is -2.50. The van der Waals surface area contributed by atoms with Crippen molar-refractivity contribution in [2.45, 2.75) is 17.9 Å². The van der Waals surface area contributed by atoms with E-state index in [0.29, 0.717) is 24.6 Å². The molecule has 2 amide bonds. The van der Waals surface area contributed by atoms with Gasteiger partial charge in [-0.3, -0.25) is 4.40 Å². The number of amides is 2. The van der Waals surface area contributed by atoms with Crippen LogP contribution in [0.5, 0.6) is 0 Å². The summed E-state index contributed by atoms with van der Waals surface area (Å²) in [5.74, 6) is 0.635. The summed E-state index contributed by atoms with van der Waals surface area (Å²) in [6, 6.07) is 11.5. The number of pyridine rings is 1. The molecule has 1 aliphatic heterocycles. The molecule has 9 nitrogen and oxygen atoms in total. The summed E-state index contributed by atoms with van der Waals surface area (Å²) in [5.41, 5.74) is 0.709. The van der Waals surface area contributed by atoms with E-state index in [0.717, 1.165) is 4.47 Å². The molecule has 1 N–H and O–H groups in total. The zero-order chi connectivity index (χ0) is 21.3. The number of urea groups is 1. The number of carbonyl (C=O) groups is 1. The minimum absolute atomic E-state index is 0.244. The van der Waals surface area contributed by atoms with Crippen LogP contribution in [0.25, 0.3) is 5.65 Å². The van der Waals surface area contributed by atoms with E-state index in [-0.39, 0.29) is 30.1 Å². The number of nitrogens with one attached hydrogen (secondary N) is 1. The normalized spacial score (nSPS) is 16.5. The maximum Gasteiger partial charge on any atom is 0.318 e. The summed E-state index contributed by atoms with van der Waals surface area (Å²) in [6.45, 7) is 2.96. The van der Waals surface area contributed by atoms with Crippen LogP contribution in [0.2, 0.25) is 0 Å². The molecule has 0 saturated carbocycles. The van der Waals surface area contributed by atoms with Crippen molar-refractivity contribution in [1.82, 2.24) is 29.1 Å². The number of piperazine rings is 1. The standard InChI is InChI=1S/C19H21BrN6O3S/c1-14(18-23-22-17-4-2-3-9-26(17)18)21-19(27)24-10-12-25(13-11-24)30(28,29)16-7-5-15(20)6-8-16/h2-9,14H,10-13H2,1H3,(H,21,27)/t14-/m1/s1. The summed E-state index contributed by atoms with van der Waals surface area (Å²) in [5, 5.41) is 11.2. The molecule has 1 atom stereocenters. The molecule has 0 spiro atoms. The first-order valence-corrected chi connectivity index (χ1v) is 11.7. The van der Waals surface area contributed by atoms with Crippen LogP contribution in [0.1, 0.15) is 18.8 Å². The number of hydrogen-bond donors (Lipinski definition) is 1. The minimum Gasteiger partial charge on any atom is -0.328 e. The van der Waals surface area contributed by atoms with E-state index in [1.807, 2.05) is 35.7 Å². The van der Waals surface area contributed by atoms with Crippen LogP contribution in [0.4, 0.5) is 4.79 Å². The summed E-state index contributed by atoms with van der Waals surface area (Å²) in [4.78, 5) is 14.6. The van der Waals surface area contributed by atoms with Crippen LogP contribution in [0.15, 0.2) is 58.0 Å². The molecule has 1 aliphatic rings. The second-order valence-electron chi connectivity index (χ2n) is 7.00. The Bertz CT molecular complexity index is 1160. The Kier molecular flexibility index (Phi) is 5.76. The van der Waals surface area contributed by atoms with Gasteiger partial charge in [-0.05, 0) is 43.3 Å². The molecule has 11 heteroatoms. The van der Waals surface area contributed by atoms with Gasteiger partial charge < -0.3 is 10.2 Å². The summed E-state index contributed by atoms with van der Waals surface area (Å²) in [6.07, 6.45) is 1.85. The molecule has 158 valence electrons. The molecule has 0 bridgehead atoms. The lowest BCUT2D eigenvalue weighted by molar-refractivity contribution is 0.169. The summed E-state index contributed by atoms with van der Waals surface area (Å²) < 4.78 is 29.7. The van der Waals surface area contributed by atoms with Crippen molar-refractivity contribution in [3.8, 4) is 0 Å². The fraction of sp³-hybridized carbons (Fsp3) is 0.316. The van der Waals surface area contributed by atoms with Crippen molar-refractivity contribution >= 4 is 37.6 Å². The second-order valence-corrected chi connectivity index (χ2v) is 9.86. The van der Waals surface area contributed by atoms with Gasteiger partial charge in [-0.25, -0.2) is 13.2 Å². The first-order valence-electron chi connectivity index (χ1n) is 9.47. The average molecular weight is 493 g/mol. The lowest BCUT2D eigenvalue weighted by Gasteiger charge is -2.34.